The lowest BCUT2D eigenvalue weighted by Gasteiger charge is -2.27. The summed E-state index contributed by atoms with van der Waals surface area (Å²) in [7, 11) is -3.78. The molecule has 10 heteroatoms. The van der Waals surface area contributed by atoms with Gasteiger partial charge in [0.05, 0.1) is 0 Å². The molecular weight excluding hydrogens is 432 g/mol. The molecule has 0 bridgehead atoms. The van der Waals surface area contributed by atoms with Crippen molar-refractivity contribution in [1.29, 1.82) is 0 Å². The second-order valence-corrected chi connectivity index (χ2v) is 11.1. The smallest absolute Gasteiger partial charge is 0.282 e. The minimum Gasteiger partial charge on any atom is -0.348 e. The SMILES string of the molecule is CCCCN(CCC(=O)NO)S(=O)(=O)N1CCC(NC(=O)c2ccc(C(C)(C)C)cc2)C1. The van der Waals surface area contributed by atoms with E-state index >= 15 is 0 Å². The highest BCUT2D eigenvalue weighted by atomic mass is 32.2. The number of hydrogen-bond acceptors (Lipinski definition) is 5. The summed E-state index contributed by atoms with van der Waals surface area (Å²) in [5, 5.41) is 11.6. The molecule has 1 atom stereocenters. The summed E-state index contributed by atoms with van der Waals surface area (Å²) in [6, 6.07) is 7.17. The molecule has 1 aliphatic rings. The van der Waals surface area contributed by atoms with Crippen molar-refractivity contribution >= 4 is 22.0 Å². The Balaban J connectivity index is 2.00. The average molecular weight is 469 g/mol. The van der Waals surface area contributed by atoms with Gasteiger partial charge in [-0.1, -0.05) is 46.2 Å². The van der Waals surface area contributed by atoms with Crippen LogP contribution in [0.4, 0.5) is 0 Å². The lowest BCUT2D eigenvalue weighted by atomic mass is 9.86. The predicted molar refractivity (Wildman–Crippen MR) is 123 cm³/mol. The first-order chi connectivity index (χ1) is 15.0. The summed E-state index contributed by atoms with van der Waals surface area (Å²) >= 11 is 0. The van der Waals surface area contributed by atoms with E-state index in [0.29, 0.717) is 31.5 Å². The lowest BCUT2D eigenvalue weighted by molar-refractivity contribution is -0.129. The Kier molecular flexibility index (Phi) is 9.20. The second kappa shape index (κ2) is 11.2. The molecule has 9 nitrogen and oxygen atoms in total. The van der Waals surface area contributed by atoms with Crippen molar-refractivity contribution in [3.05, 3.63) is 35.4 Å². The van der Waals surface area contributed by atoms with Crippen molar-refractivity contribution in [3.8, 4) is 0 Å². The maximum Gasteiger partial charge on any atom is 0.282 e. The summed E-state index contributed by atoms with van der Waals surface area (Å²) in [5.41, 5.74) is 3.20. The molecule has 3 N–H and O–H groups in total. The standard InChI is InChI=1S/C22H36N4O5S/c1-5-6-13-25(15-12-20(27)24-29)32(30,31)26-14-11-19(16-26)23-21(28)17-7-9-18(10-8-17)22(2,3)4/h7-10,19,29H,5-6,11-16H2,1-4H3,(H,23,28)(H,24,27). The van der Waals surface area contributed by atoms with Gasteiger partial charge in [0, 0.05) is 44.2 Å². The number of hydroxylamine groups is 1. The number of nitrogens with one attached hydrogen (secondary N) is 2. The second-order valence-electron chi connectivity index (χ2n) is 9.19. The van der Waals surface area contributed by atoms with E-state index in [0.717, 1.165) is 12.0 Å². The highest BCUT2D eigenvalue weighted by Gasteiger charge is 2.36. The molecule has 1 heterocycles. The van der Waals surface area contributed by atoms with E-state index in [1.165, 1.54) is 14.1 Å². The Morgan fingerprint density at radius 2 is 1.84 bits per heavy atom. The summed E-state index contributed by atoms with van der Waals surface area (Å²) in [6.45, 7) is 9.04. The lowest BCUT2D eigenvalue weighted by Crippen LogP contribution is -2.46. The van der Waals surface area contributed by atoms with Crippen LogP contribution in [0.5, 0.6) is 0 Å². The van der Waals surface area contributed by atoms with Crippen LogP contribution in [0.3, 0.4) is 0 Å². The van der Waals surface area contributed by atoms with E-state index in [9.17, 15) is 18.0 Å². The van der Waals surface area contributed by atoms with Crippen LogP contribution in [0.2, 0.25) is 0 Å². The topological polar surface area (TPSA) is 119 Å². The van der Waals surface area contributed by atoms with Gasteiger partial charge in [0.1, 0.15) is 0 Å². The van der Waals surface area contributed by atoms with Crippen molar-refractivity contribution in [2.45, 2.75) is 64.8 Å². The van der Waals surface area contributed by atoms with Crippen LogP contribution >= 0.6 is 0 Å². The highest BCUT2D eigenvalue weighted by molar-refractivity contribution is 7.86. The minimum atomic E-state index is -3.78. The zero-order valence-corrected chi connectivity index (χ0v) is 20.2. The Hall–Kier alpha value is -2.01. The number of carbonyl (C=O) groups excluding carboxylic acids is 2. The number of unbranched alkanes of at least 4 members (excludes halogenated alkanes) is 1. The summed E-state index contributed by atoms with van der Waals surface area (Å²) in [5.74, 6) is -0.858. The molecule has 0 saturated carbocycles. The molecule has 32 heavy (non-hydrogen) atoms. The van der Waals surface area contributed by atoms with Gasteiger partial charge in [-0.3, -0.25) is 14.8 Å². The molecule has 180 valence electrons. The minimum absolute atomic E-state index is 0.00315. The first-order valence-electron chi connectivity index (χ1n) is 11.1. The van der Waals surface area contributed by atoms with Crippen molar-refractivity contribution in [3.63, 3.8) is 0 Å². The molecule has 0 spiro atoms. The van der Waals surface area contributed by atoms with Crippen LogP contribution in [-0.2, 0) is 20.4 Å². The predicted octanol–water partition coefficient (Wildman–Crippen LogP) is 2.03. The van der Waals surface area contributed by atoms with Gasteiger partial charge in [0.25, 0.3) is 16.1 Å². The number of amides is 2. The van der Waals surface area contributed by atoms with E-state index in [4.69, 9.17) is 5.21 Å². The van der Waals surface area contributed by atoms with Crippen LogP contribution in [0, 0.1) is 0 Å². The van der Waals surface area contributed by atoms with Gasteiger partial charge in [0.2, 0.25) is 5.91 Å². The summed E-state index contributed by atoms with van der Waals surface area (Å²) in [4.78, 5) is 24.0. The maximum absolute atomic E-state index is 13.1. The number of benzene rings is 1. The molecule has 2 amide bonds. The quantitative estimate of drug-likeness (QED) is 0.359. The first-order valence-corrected chi connectivity index (χ1v) is 12.5. The Bertz CT molecular complexity index is 881. The Morgan fingerprint density at radius 1 is 1.19 bits per heavy atom. The van der Waals surface area contributed by atoms with Crippen LogP contribution < -0.4 is 10.8 Å². The van der Waals surface area contributed by atoms with Crippen LogP contribution in [-0.4, -0.2) is 66.3 Å². The van der Waals surface area contributed by atoms with Crippen molar-refractivity contribution in [2.75, 3.05) is 26.2 Å². The van der Waals surface area contributed by atoms with Gasteiger partial charge in [0.15, 0.2) is 0 Å². The maximum atomic E-state index is 13.1. The summed E-state index contributed by atoms with van der Waals surface area (Å²) in [6.07, 6.45) is 1.87. The average Bonchev–Trinajstić information content (AvgIpc) is 3.22. The monoisotopic (exact) mass is 468 g/mol. The Morgan fingerprint density at radius 3 is 2.41 bits per heavy atom. The van der Waals surface area contributed by atoms with Gasteiger partial charge >= 0.3 is 0 Å². The van der Waals surface area contributed by atoms with E-state index in [1.807, 2.05) is 19.1 Å². The largest absolute Gasteiger partial charge is 0.348 e. The van der Waals surface area contributed by atoms with Crippen LogP contribution in [0.25, 0.3) is 0 Å². The van der Waals surface area contributed by atoms with Gasteiger partial charge in [-0.15, -0.1) is 0 Å². The molecule has 0 radical (unpaired) electrons. The van der Waals surface area contributed by atoms with Crippen LogP contribution in [0.1, 0.15) is 69.3 Å². The molecule has 1 aromatic rings. The third-order valence-electron chi connectivity index (χ3n) is 5.63. The van der Waals surface area contributed by atoms with Crippen molar-refractivity contribution in [2.24, 2.45) is 0 Å². The molecule has 1 aliphatic heterocycles. The third kappa shape index (κ3) is 6.99. The molecule has 1 saturated heterocycles. The molecule has 2 rings (SSSR count). The normalized spacial score (nSPS) is 17.5. The number of rotatable bonds is 10. The molecule has 0 aliphatic carbocycles. The summed E-state index contributed by atoms with van der Waals surface area (Å²) < 4.78 is 28.9. The molecule has 1 fully saturated rings. The highest BCUT2D eigenvalue weighted by Crippen LogP contribution is 2.23. The fourth-order valence-electron chi connectivity index (χ4n) is 3.57. The number of carbonyl (C=O) groups is 2. The van der Waals surface area contributed by atoms with Crippen LogP contribution in [0.15, 0.2) is 24.3 Å². The Labute approximate surface area is 191 Å². The zero-order chi connectivity index (χ0) is 23.9. The third-order valence-corrected chi connectivity index (χ3v) is 7.63. The molecule has 0 aromatic heterocycles. The van der Waals surface area contributed by atoms with Crippen molar-refractivity contribution in [1.82, 2.24) is 19.4 Å². The zero-order valence-electron chi connectivity index (χ0n) is 19.4. The van der Waals surface area contributed by atoms with Crippen molar-refractivity contribution < 1.29 is 23.2 Å². The van der Waals surface area contributed by atoms with E-state index < -0.39 is 16.1 Å². The number of nitrogens with zero attached hydrogens (tertiary/aromatic N) is 2. The van der Waals surface area contributed by atoms with E-state index in [-0.39, 0.29) is 36.9 Å². The fraction of sp³-hybridized carbons (Fsp3) is 0.636. The molecule has 1 unspecified atom stereocenters. The van der Waals surface area contributed by atoms with Gasteiger partial charge in [-0.2, -0.15) is 17.0 Å². The molecular formula is C22H36N4O5S. The van der Waals surface area contributed by atoms with Gasteiger partial charge < -0.3 is 5.32 Å². The van der Waals surface area contributed by atoms with Gasteiger partial charge in [-0.05, 0) is 36.0 Å². The first kappa shape index (κ1) is 26.2. The number of hydrogen-bond donors (Lipinski definition) is 3. The van der Waals surface area contributed by atoms with E-state index in [1.54, 1.807) is 12.1 Å². The van der Waals surface area contributed by atoms with Gasteiger partial charge in [-0.25, -0.2) is 5.48 Å². The fourth-order valence-corrected chi connectivity index (χ4v) is 5.28. The van der Waals surface area contributed by atoms with E-state index in [2.05, 4.69) is 26.1 Å². The molecule has 1 aromatic carbocycles.